The summed E-state index contributed by atoms with van der Waals surface area (Å²) in [5, 5.41) is 0.772. The molecule has 0 aliphatic heterocycles. The number of hydrogen-bond donors (Lipinski definition) is 1. The first kappa shape index (κ1) is 20.8. The quantitative estimate of drug-likeness (QED) is 0.322. The molecule has 162 valence electrons. The number of aryl methyl sites for hydroxylation is 1. The zero-order valence-corrected chi connectivity index (χ0v) is 19.1. The maximum atomic E-state index is 6.77. The van der Waals surface area contributed by atoms with Crippen molar-refractivity contribution in [2.75, 3.05) is 12.8 Å². The van der Waals surface area contributed by atoms with Crippen LogP contribution in [0.2, 0.25) is 0 Å². The van der Waals surface area contributed by atoms with Crippen LogP contribution in [0.1, 0.15) is 5.56 Å². The van der Waals surface area contributed by atoms with E-state index in [1.54, 1.807) is 7.11 Å². The minimum atomic E-state index is 0.365. The molecule has 0 saturated heterocycles. The topological polar surface area (TPSA) is 66.0 Å². The molecule has 0 unspecified atom stereocenters. The number of nitrogen functional groups attached to an aromatic ring is 1. The lowest BCUT2D eigenvalue weighted by Gasteiger charge is -2.17. The van der Waals surface area contributed by atoms with E-state index in [0.717, 1.165) is 44.8 Å². The van der Waals surface area contributed by atoms with Crippen molar-refractivity contribution in [2.24, 2.45) is 0 Å². The van der Waals surface area contributed by atoms with Gasteiger partial charge in [-0.2, -0.15) is 4.98 Å². The van der Waals surface area contributed by atoms with Crippen molar-refractivity contribution < 1.29 is 4.74 Å². The fraction of sp³-hybridized carbons (Fsp3) is 0.0741. The summed E-state index contributed by atoms with van der Waals surface area (Å²) in [6.45, 7) is 2.04. The molecule has 33 heavy (non-hydrogen) atoms. The third kappa shape index (κ3) is 3.85. The van der Waals surface area contributed by atoms with Crippen LogP contribution in [0, 0.1) is 11.7 Å². The maximum absolute atomic E-state index is 6.77. The summed E-state index contributed by atoms with van der Waals surface area (Å²) in [7, 11) is 1.65. The van der Waals surface area contributed by atoms with E-state index >= 15 is 0 Å². The molecule has 0 radical (unpaired) electrons. The molecule has 0 aliphatic rings. The summed E-state index contributed by atoms with van der Waals surface area (Å²) in [4.78, 5) is 9.56. The molecule has 0 saturated carbocycles. The monoisotopic (exact) mass is 450 g/mol. The Morgan fingerprint density at radius 1 is 0.848 bits per heavy atom. The van der Waals surface area contributed by atoms with E-state index in [4.69, 9.17) is 32.7 Å². The average Bonchev–Trinajstić information content (AvgIpc) is 2.84. The van der Waals surface area contributed by atoms with Crippen LogP contribution in [0.3, 0.4) is 0 Å². The van der Waals surface area contributed by atoms with E-state index in [1.165, 1.54) is 0 Å². The summed E-state index contributed by atoms with van der Waals surface area (Å²) in [5.41, 5.74) is 13.0. The highest BCUT2D eigenvalue weighted by molar-refractivity contribution is 7.71. The lowest BCUT2D eigenvalue weighted by atomic mass is 9.99. The normalized spacial score (nSPS) is 11.0. The van der Waals surface area contributed by atoms with Crippen LogP contribution in [0.25, 0.3) is 39.1 Å². The van der Waals surface area contributed by atoms with Crippen LogP contribution in [-0.4, -0.2) is 21.6 Å². The summed E-state index contributed by atoms with van der Waals surface area (Å²) in [6, 6.07) is 28.0. The van der Waals surface area contributed by atoms with Gasteiger partial charge in [0.05, 0.1) is 23.9 Å². The average molecular weight is 451 g/mol. The van der Waals surface area contributed by atoms with E-state index < -0.39 is 0 Å². The third-order valence-electron chi connectivity index (χ3n) is 5.62. The van der Waals surface area contributed by atoms with Crippen molar-refractivity contribution in [2.45, 2.75) is 6.92 Å². The van der Waals surface area contributed by atoms with Gasteiger partial charge in [-0.1, -0.05) is 42.5 Å². The van der Waals surface area contributed by atoms with Gasteiger partial charge >= 0.3 is 0 Å². The van der Waals surface area contributed by atoms with E-state index in [-0.39, 0.29) is 0 Å². The van der Waals surface area contributed by atoms with Gasteiger partial charge in [0.25, 0.3) is 0 Å². The Bertz CT molecular complexity index is 1530. The van der Waals surface area contributed by atoms with Gasteiger partial charge in [-0.05, 0) is 78.3 Å². The second-order valence-electron chi connectivity index (χ2n) is 7.80. The van der Waals surface area contributed by atoms with Crippen molar-refractivity contribution in [1.82, 2.24) is 14.5 Å². The highest BCUT2D eigenvalue weighted by Gasteiger charge is 2.17. The van der Waals surface area contributed by atoms with Crippen molar-refractivity contribution in [3.63, 3.8) is 0 Å². The number of aromatic nitrogens is 3. The molecule has 0 bridgehead atoms. The number of fused-ring (bicyclic) bond motifs is 1. The molecule has 6 heteroatoms. The van der Waals surface area contributed by atoms with Gasteiger partial charge in [0.1, 0.15) is 11.6 Å². The van der Waals surface area contributed by atoms with E-state index in [9.17, 15) is 0 Å². The Hall–Kier alpha value is -4.03. The van der Waals surface area contributed by atoms with Gasteiger partial charge in [0.2, 0.25) is 4.77 Å². The van der Waals surface area contributed by atoms with Gasteiger partial charge in [0, 0.05) is 5.56 Å². The predicted octanol–water partition coefficient (Wildman–Crippen LogP) is 6.38. The van der Waals surface area contributed by atoms with Crippen LogP contribution in [0.15, 0.2) is 84.9 Å². The Morgan fingerprint density at radius 3 is 2.30 bits per heavy atom. The largest absolute Gasteiger partial charge is 0.497 e. The Kier molecular flexibility index (Phi) is 5.36. The fourth-order valence-corrected chi connectivity index (χ4v) is 4.28. The number of nitrogens with zero attached hydrogens (tertiary/aromatic N) is 3. The predicted molar refractivity (Wildman–Crippen MR) is 136 cm³/mol. The van der Waals surface area contributed by atoms with Gasteiger partial charge < -0.3 is 10.5 Å². The zero-order chi connectivity index (χ0) is 22.9. The first-order valence-corrected chi connectivity index (χ1v) is 11.0. The number of ether oxygens (including phenoxy) is 1. The highest BCUT2D eigenvalue weighted by Crippen LogP contribution is 2.35. The van der Waals surface area contributed by atoms with Crippen LogP contribution in [-0.2, 0) is 0 Å². The minimum absolute atomic E-state index is 0.365. The van der Waals surface area contributed by atoms with Crippen LogP contribution >= 0.6 is 12.2 Å². The second-order valence-corrected chi connectivity index (χ2v) is 8.17. The lowest BCUT2D eigenvalue weighted by Crippen LogP contribution is -2.09. The standard InChI is InChI=1S/C27H22N4OS/c1-17-7-6-10-20(15-17)31-25(28)24-22(18-8-4-3-5-9-18)16-23(29-26(24)30-27(31)33)19-11-13-21(32-2)14-12-19/h3-16H,28H2,1-2H3. The van der Waals surface area contributed by atoms with E-state index in [0.29, 0.717) is 16.2 Å². The van der Waals surface area contributed by atoms with E-state index in [2.05, 4.69) is 18.2 Å². The molecule has 5 rings (SSSR count). The number of pyridine rings is 1. The zero-order valence-electron chi connectivity index (χ0n) is 18.3. The van der Waals surface area contributed by atoms with Crippen LogP contribution in [0.4, 0.5) is 5.82 Å². The molecule has 5 aromatic rings. The van der Waals surface area contributed by atoms with Gasteiger partial charge in [-0.25, -0.2) is 4.98 Å². The molecule has 0 aliphatic carbocycles. The maximum Gasteiger partial charge on any atom is 0.207 e. The Balaban J connectivity index is 1.83. The molecule has 2 aromatic heterocycles. The molecule has 0 atom stereocenters. The molecule has 2 heterocycles. The number of benzene rings is 3. The number of rotatable bonds is 4. The van der Waals surface area contributed by atoms with Gasteiger partial charge in [-0.15, -0.1) is 0 Å². The second kappa shape index (κ2) is 8.48. The number of nitrogens with two attached hydrogens (primary N) is 1. The lowest BCUT2D eigenvalue weighted by molar-refractivity contribution is 0.415. The van der Waals surface area contributed by atoms with Crippen LogP contribution in [0.5, 0.6) is 5.75 Å². The van der Waals surface area contributed by atoms with Crippen molar-refractivity contribution in [1.29, 1.82) is 0 Å². The van der Waals surface area contributed by atoms with E-state index in [1.807, 2.05) is 78.2 Å². The van der Waals surface area contributed by atoms with Crippen LogP contribution < -0.4 is 10.5 Å². The summed E-state index contributed by atoms with van der Waals surface area (Å²) in [6.07, 6.45) is 0. The van der Waals surface area contributed by atoms with Gasteiger partial charge in [0.15, 0.2) is 5.65 Å². The molecule has 0 amide bonds. The summed E-state index contributed by atoms with van der Waals surface area (Å²) >= 11 is 5.66. The SMILES string of the molecule is COc1ccc(-c2cc(-c3ccccc3)c3c(N)n(-c4cccc(C)c4)c(=S)nc3n2)cc1. The first-order valence-electron chi connectivity index (χ1n) is 10.6. The summed E-state index contributed by atoms with van der Waals surface area (Å²) < 4.78 is 7.47. The molecule has 0 fully saturated rings. The Morgan fingerprint density at radius 2 is 1.61 bits per heavy atom. The molecule has 3 aromatic carbocycles. The Labute approximate surface area is 197 Å². The first-order chi connectivity index (χ1) is 16.0. The smallest absolute Gasteiger partial charge is 0.207 e. The molecule has 0 spiro atoms. The summed E-state index contributed by atoms with van der Waals surface area (Å²) in [5.74, 6) is 1.31. The highest BCUT2D eigenvalue weighted by atomic mass is 32.1. The number of anilines is 1. The van der Waals surface area contributed by atoms with Crippen molar-refractivity contribution >= 4 is 29.1 Å². The van der Waals surface area contributed by atoms with Crippen molar-refractivity contribution in [3.05, 3.63) is 95.3 Å². The molecule has 2 N–H and O–H groups in total. The fourth-order valence-electron chi connectivity index (χ4n) is 3.99. The van der Waals surface area contributed by atoms with Gasteiger partial charge in [-0.3, -0.25) is 4.57 Å². The molecular formula is C27H22N4OS. The van der Waals surface area contributed by atoms with Crippen molar-refractivity contribution in [3.8, 4) is 33.8 Å². The minimum Gasteiger partial charge on any atom is -0.497 e. The number of methoxy groups -OCH3 is 1. The third-order valence-corrected chi connectivity index (χ3v) is 5.89. The molecule has 5 nitrogen and oxygen atoms in total. The number of hydrogen-bond acceptors (Lipinski definition) is 5. The molecular weight excluding hydrogens is 428 g/mol.